The Labute approximate surface area is 109 Å². The zero-order chi connectivity index (χ0) is 13.7. The van der Waals surface area contributed by atoms with Crippen molar-refractivity contribution in [2.75, 3.05) is 18.7 Å². The third kappa shape index (κ3) is 4.84. The van der Waals surface area contributed by atoms with Gasteiger partial charge in [0.2, 0.25) is 5.91 Å². The number of alkyl halides is 1. The molecule has 4 nitrogen and oxygen atoms in total. The summed E-state index contributed by atoms with van der Waals surface area (Å²) in [6.45, 7) is 5.84. The standard InChI is InChI=1S/C11H22ClNO3S/c1-5-11(6-2,7-12)8-13-10(14)9(3)17(4,15)16/h9H,5-8H2,1-4H3,(H,13,14). The van der Waals surface area contributed by atoms with Crippen LogP contribution in [-0.2, 0) is 14.6 Å². The molecule has 0 aliphatic carbocycles. The fraction of sp³-hybridized carbons (Fsp3) is 0.909. The number of halogens is 1. The van der Waals surface area contributed by atoms with Crippen molar-refractivity contribution >= 4 is 27.3 Å². The normalized spacial score (nSPS) is 14.4. The van der Waals surface area contributed by atoms with Crippen molar-refractivity contribution in [3.63, 3.8) is 0 Å². The lowest BCUT2D eigenvalue weighted by atomic mass is 9.84. The van der Waals surface area contributed by atoms with Crippen LogP contribution in [0.15, 0.2) is 0 Å². The maximum Gasteiger partial charge on any atom is 0.238 e. The highest BCUT2D eigenvalue weighted by Gasteiger charge is 2.29. The zero-order valence-corrected chi connectivity index (χ0v) is 12.5. The number of amides is 1. The van der Waals surface area contributed by atoms with Gasteiger partial charge >= 0.3 is 0 Å². The molecule has 0 rings (SSSR count). The second-order valence-electron chi connectivity index (χ2n) is 4.53. The minimum absolute atomic E-state index is 0.144. The highest BCUT2D eigenvalue weighted by molar-refractivity contribution is 7.92. The lowest BCUT2D eigenvalue weighted by molar-refractivity contribution is -0.120. The zero-order valence-electron chi connectivity index (χ0n) is 10.9. The second kappa shape index (κ2) is 6.59. The Morgan fingerprint density at radius 1 is 1.35 bits per heavy atom. The van der Waals surface area contributed by atoms with Gasteiger partial charge in [0.15, 0.2) is 9.84 Å². The molecule has 17 heavy (non-hydrogen) atoms. The Morgan fingerprint density at radius 3 is 2.12 bits per heavy atom. The fourth-order valence-corrected chi connectivity index (χ4v) is 2.29. The average molecular weight is 284 g/mol. The van der Waals surface area contributed by atoms with Crippen LogP contribution in [0.4, 0.5) is 0 Å². The quantitative estimate of drug-likeness (QED) is 0.722. The molecule has 0 radical (unpaired) electrons. The molecule has 1 unspecified atom stereocenters. The van der Waals surface area contributed by atoms with E-state index in [2.05, 4.69) is 5.32 Å². The van der Waals surface area contributed by atoms with Gasteiger partial charge in [0.25, 0.3) is 0 Å². The molecular formula is C11H22ClNO3S. The van der Waals surface area contributed by atoms with Crippen molar-refractivity contribution in [1.29, 1.82) is 0 Å². The van der Waals surface area contributed by atoms with Crippen LogP contribution < -0.4 is 5.32 Å². The summed E-state index contributed by atoms with van der Waals surface area (Å²) in [4.78, 5) is 11.7. The molecule has 0 bridgehead atoms. The van der Waals surface area contributed by atoms with Crippen LogP contribution in [0.25, 0.3) is 0 Å². The van der Waals surface area contributed by atoms with Gasteiger partial charge in [-0.1, -0.05) is 13.8 Å². The van der Waals surface area contributed by atoms with E-state index < -0.39 is 21.0 Å². The summed E-state index contributed by atoms with van der Waals surface area (Å²) in [6, 6.07) is 0. The minimum atomic E-state index is -3.33. The van der Waals surface area contributed by atoms with Gasteiger partial charge in [-0.3, -0.25) is 4.79 Å². The van der Waals surface area contributed by atoms with Crippen LogP contribution >= 0.6 is 11.6 Å². The van der Waals surface area contributed by atoms with Gasteiger partial charge in [0.05, 0.1) is 0 Å². The predicted octanol–water partition coefficient (Wildman–Crippen LogP) is 1.58. The summed E-state index contributed by atoms with van der Waals surface area (Å²) in [5, 5.41) is 1.67. The number of rotatable bonds is 7. The first-order valence-electron chi connectivity index (χ1n) is 5.75. The Bertz CT molecular complexity index is 341. The van der Waals surface area contributed by atoms with E-state index in [0.717, 1.165) is 19.1 Å². The topological polar surface area (TPSA) is 63.2 Å². The first-order valence-corrected chi connectivity index (χ1v) is 8.24. The third-order valence-electron chi connectivity index (χ3n) is 3.43. The Morgan fingerprint density at radius 2 is 1.82 bits per heavy atom. The van der Waals surface area contributed by atoms with Crippen molar-refractivity contribution in [3.05, 3.63) is 0 Å². The number of carbonyl (C=O) groups is 1. The van der Waals surface area contributed by atoms with Crippen LogP contribution in [0.2, 0.25) is 0 Å². The molecule has 102 valence electrons. The van der Waals surface area contributed by atoms with E-state index in [1.54, 1.807) is 0 Å². The molecule has 0 aromatic heterocycles. The number of carbonyl (C=O) groups excluding carboxylic acids is 1. The van der Waals surface area contributed by atoms with Gasteiger partial charge in [-0.25, -0.2) is 8.42 Å². The summed E-state index contributed by atoms with van der Waals surface area (Å²) < 4.78 is 22.4. The summed E-state index contributed by atoms with van der Waals surface area (Å²) in [6.07, 6.45) is 2.76. The Balaban J connectivity index is 4.52. The number of nitrogens with one attached hydrogen (secondary N) is 1. The summed E-state index contributed by atoms with van der Waals surface area (Å²) in [7, 11) is -3.33. The van der Waals surface area contributed by atoms with Crippen molar-refractivity contribution in [1.82, 2.24) is 5.32 Å². The summed E-state index contributed by atoms with van der Waals surface area (Å²) in [5.41, 5.74) is -0.144. The van der Waals surface area contributed by atoms with Crippen molar-refractivity contribution in [3.8, 4) is 0 Å². The van der Waals surface area contributed by atoms with Crippen LogP contribution in [0.1, 0.15) is 33.6 Å². The van der Waals surface area contributed by atoms with Crippen LogP contribution in [0, 0.1) is 5.41 Å². The monoisotopic (exact) mass is 283 g/mol. The van der Waals surface area contributed by atoms with Gasteiger partial charge in [-0.2, -0.15) is 0 Å². The van der Waals surface area contributed by atoms with Gasteiger partial charge in [0, 0.05) is 24.1 Å². The van der Waals surface area contributed by atoms with E-state index in [1.165, 1.54) is 6.92 Å². The molecule has 1 amide bonds. The maximum absolute atomic E-state index is 11.7. The Kier molecular flexibility index (Phi) is 6.48. The first kappa shape index (κ1) is 16.7. The lowest BCUT2D eigenvalue weighted by Crippen LogP contribution is -2.43. The van der Waals surface area contributed by atoms with Crippen LogP contribution in [0.3, 0.4) is 0 Å². The third-order valence-corrected chi connectivity index (χ3v) is 5.50. The van der Waals surface area contributed by atoms with Gasteiger partial charge in [-0.05, 0) is 19.8 Å². The molecule has 0 aromatic carbocycles. The first-order chi connectivity index (χ1) is 7.72. The molecule has 0 saturated heterocycles. The highest BCUT2D eigenvalue weighted by atomic mass is 35.5. The average Bonchev–Trinajstić information content (AvgIpc) is 2.29. The molecule has 0 aromatic rings. The van der Waals surface area contributed by atoms with E-state index in [4.69, 9.17) is 11.6 Å². The van der Waals surface area contributed by atoms with Crippen molar-refractivity contribution in [2.45, 2.75) is 38.9 Å². The van der Waals surface area contributed by atoms with Crippen molar-refractivity contribution < 1.29 is 13.2 Å². The molecule has 1 N–H and O–H groups in total. The molecule has 0 aliphatic heterocycles. The fourth-order valence-electron chi connectivity index (χ4n) is 1.35. The predicted molar refractivity (Wildman–Crippen MR) is 71.1 cm³/mol. The van der Waals surface area contributed by atoms with E-state index >= 15 is 0 Å². The highest BCUT2D eigenvalue weighted by Crippen LogP contribution is 2.26. The summed E-state index contributed by atoms with van der Waals surface area (Å²) in [5.74, 6) is -0.00281. The molecule has 6 heteroatoms. The van der Waals surface area contributed by atoms with E-state index in [9.17, 15) is 13.2 Å². The Hall–Kier alpha value is -0.290. The van der Waals surface area contributed by atoms with E-state index in [1.807, 2.05) is 13.8 Å². The molecular weight excluding hydrogens is 262 g/mol. The van der Waals surface area contributed by atoms with E-state index in [-0.39, 0.29) is 5.41 Å². The molecule has 0 saturated carbocycles. The van der Waals surface area contributed by atoms with E-state index in [0.29, 0.717) is 12.4 Å². The molecule has 1 atom stereocenters. The smallest absolute Gasteiger partial charge is 0.238 e. The maximum atomic E-state index is 11.7. The molecule has 0 spiro atoms. The largest absolute Gasteiger partial charge is 0.354 e. The minimum Gasteiger partial charge on any atom is -0.354 e. The van der Waals surface area contributed by atoms with Gasteiger partial charge < -0.3 is 5.32 Å². The molecule has 0 fully saturated rings. The number of hydrogen-bond acceptors (Lipinski definition) is 3. The SMILES string of the molecule is CCC(CC)(CCl)CNC(=O)C(C)S(C)(=O)=O. The molecule has 0 heterocycles. The number of hydrogen-bond donors (Lipinski definition) is 1. The van der Waals surface area contributed by atoms with Crippen molar-refractivity contribution in [2.24, 2.45) is 5.41 Å². The lowest BCUT2D eigenvalue weighted by Gasteiger charge is -2.29. The van der Waals surface area contributed by atoms with Gasteiger partial charge in [0.1, 0.15) is 5.25 Å². The van der Waals surface area contributed by atoms with Crippen LogP contribution in [-0.4, -0.2) is 38.3 Å². The van der Waals surface area contributed by atoms with Crippen LogP contribution in [0.5, 0.6) is 0 Å². The molecule has 0 aliphatic rings. The summed E-state index contributed by atoms with van der Waals surface area (Å²) >= 11 is 5.91. The number of sulfone groups is 1. The van der Waals surface area contributed by atoms with Gasteiger partial charge in [-0.15, -0.1) is 11.6 Å². The second-order valence-corrected chi connectivity index (χ2v) is 7.16.